The Morgan fingerprint density at radius 2 is 2.00 bits per heavy atom. The van der Waals surface area contributed by atoms with Gasteiger partial charge in [-0.2, -0.15) is 0 Å². The van der Waals surface area contributed by atoms with Gasteiger partial charge in [0, 0.05) is 6.42 Å². The number of nitrogens with zero attached hydrogens (tertiary/aromatic N) is 1. The Morgan fingerprint density at radius 1 is 1.32 bits per heavy atom. The molecule has 104 valence electrons. The first-order valence-corrected chi connectivity index (χ1v) is 6.55. The van der Waals surface area contributed by atoms with Crippen LogP contribution in [0.5, 0.6) is 0 Å². The van der Waals surface area contributed by atoms with E-state index in [9.17, 15) is 4.79 Å². The number of carbonyl (C=O) groups excluding carboxylic acids is 1. The molecule has 1 N–H and O–H groups in total. The maximum absolute atomic E-state index is 11.7. The third kappa shape index (κ3) is 6.04. The van der Waals surface area contributed by atoms with Gasteiger partial charge in [0.05, 0.1) is 0 Å². The van der Waals surface area contributed by atoms with Gasteiger partial charge in [-0.05, 0) is 17.9 Å². The Hall–Kier alpha value is -1.84. The smallest absolute Gasteiger partial charge is 0.356 e. The third-order valence-corrected chi connectivity index (χ3v) is 2.76. The molecule has 1 aromatic carbocycles. The Kier molecular flexibility index (Phi) is 6.64. The molecule has 0 saturated heterocycles. The van der Waals surface area contributed by atoms with Gasteiger partial charge in [-0.1, -0.05) is 55.8 Å². The number of hydrogen-bond acceptors (Lipinski definition) is 4. The molecule has 0 radical (unpaired) electrons. The minimum atomic E-state index is -0.546. The van der Waals surface area contributed by atoms with Crippen molar-refractivity contribution in [2.45, 2.75) is 39.7 Å². The second-order valence-electron chi connectivity index (χ2n) is 4.89. The molecular formula is C15H21NO3. The monoisotopic (exact) mass is 263 g/mol. The van der Waals surface area contributed by atoms with Crippen LogP contribution in [0.1, 0.15) is 38.7 Å². The van der Waals surface area contributed by atoms with E-state index in [-0.39, 0.29) is 12.3 Å². The molecule has 0 unspecified atom stereocenters. The summed E-state index contributed by atoms with van der Waals surface area (Å²) >= 11 is 0. The predicted octanol–water partition coefficient (Wildman–Crippen LogP) is 3.39. The fourth-order valence-electron chi connectivity index (χ4n) is 1.68. The summed E-state index contributed by atoms with van der Waals surface area (Å²) in [5.41, 5.74) is 1.01. The summed E-state index contributed by atoms with van der Waals surface area (Å²) in [6.07, 6.45) is 2.25. The number of hydrogen-bond donors (Lipinski definition) is 1. The number of esters is 1. The van der Waals surface area contributed by atoms with Crippen molar-refractivity contribution in [1.82, 2.24) is 0 Å². The van der Waals surface area contributed by atoms with Crippen LogP contribution in [-0.4, -0.2) is 16.9 Å². The van der Waals surface area contributed by atoms with Gasteiger partial charge in [0.15, 0.2) is 5.71 Å². The van der Waals surface area contributed by atoms with Gasteiger partial charge in [0.1, 0.15) is 6.61 Å². The van der Waals surface area contributed by atoms with Gasteiger partial charge in [-0.3, -0.25) is 0 Å². The molecule has 4 nitrogen and oxygen atoms in total. The number of benzene rings is 1. The summed E-state index contributed by atoms with van der Waals surface area (Å²) in [5.74, 6) is 0.0235. The Bertz CT molecular complexity index is 413. The molecule has 0 aliphatic rings. The number of carbonyl (C=O) groups is 1. The van der Waals surface area contributed by atoms with E-state index >= 15 is 0 Å². The van der Waals surface area contributed by atoms with Gasteiger partial charge in [0.25, 0.3) is 0 Å². The van der Waals surface area contributed by atoms with E-state index in [1.54, 1.807) is 0 Å². The molecule has 0 aromatic heterocycles. The van der Waals surface area contributed by atoms with Crippen molar-refractivity contribution in [2.75, 3.05) is 0 Å². The number of rotatable bonds is 7. The molecule has 0 saturated carbocycles. The fourth-order valence-corrected chi connectivity index (χ4v) is 1.68. The average molecular weight is 263 g/mol. The standard InChI is InChI=1S/C15H21NO3/c1-12(2)7-6-10-14(16-18)15(17)19-11-13-8-4-3-5-9-13/h3-5,8-9,12,18H,6-7,10-11H2,1-2H3. The molecule has 0 amide bonds. The lowest BCUT2D eigenvalue weighted by Crippen LogP contribution is -2.17. The fraction of sp³-hybridized carbons (Fsp3) is 0.467. The minimum Gasteiger partial charge on any atom is -0.456 e. The first-order valence-electron chi connectivity index (χ1n) is 6.55. The first kappa shape index (κ1) is 15.2. The largest absolute Gasteiger partial charge is 0.456 e. The normalized spacial score (nSPS) is 11.6. The molecule has 0 aliphatic carbocycles. The van der Waals surface area contributed by atoms with Crippen molar-refractivity contribution < 1.29 is 14.7 Å². The maximum Gasteiger partial charge on any atom is 0.356 e. The molecule has 4 heteroatoms. The highest BCUT2D eigenvalue weighted by molar-refractivity contribution is 6.36. The lowest BCUT2D eigenvalue weighted by atomic mass is 10.0. The molecule has 0 aliphatic heterocycles. The quantitative estimate of drug-likeness (QED) is 0.355. The summed E-state index contributed by atoms with van der Waals surface area (Å²) in [5, 5.41) is 11.9. The van der Waals surface area contributed by atoms with Crippen LogP contribution >= 0.6 is 0 Å². The molecule has 0 spiro atoms. The van der Waals surface area contributed by atoms with Crippen molar-refractivity contribution in [3.63, 3.8) is 0 Å². The Balaban J connectivity index is 2.38. The van der Waals surface area contributed by atoms with Crippen LogP contribution in [0, 0.1) is 5.92 Å². The topological polar surface area (TPSA) is 58.9 Å². The van der Waals surface area contributed by atoms with E-state index in [1.165, 1.54) is 0 Å². The highest BCUT2D eigenvalue weighted by Crippen LogP contribution is 2.08. The van der Waals surface area contributed by atoms with E-state index < -0.39 is 5.97 Å². The van der Waals surface area contributed by atoms with Crippen LogP contribution in [0.25, 0.3) is 0 Å². The van der Waals surface area contributed by atoms with E-state index in [2.05, 4.69) is 19.0 Å². The molecule has 0 atom stereocenters. The van der Waals surface area contributed by atoms with Crippen molar-refractivity contribution in [2.24, 2.45) is 11.1 Å². The second-order valence-corrected chi connectivity index (χ2v) is 4.89. The lowest BCUT2D eigenvalue weighted by Gasteiger charge is -2.07. The van der Waals surface area contributed by atoms with Crippen molar-refractivity contribution in [3.8, 4) is 0 Å². The van der Waals surface area contributed by atoms with E-state index in [4.69, 9.17) is 9.94 Å². The molecule has 1 aromatic rings. The zero-order chi connectivity index (χ0) is 14.1. The van der Waals surface area contributed by atoms with Gasteiger partial charge in [-0.25, -0.2) is 4.79 Å². The highest BCUT2D eigenvalue weighted by atomic mass is 16.5. The van der Waals surface area contributed by atoms with Gasteiger partial charge < -0.3 is 9.94 Å². The van der Waals surface area contributed by atoms with Crippen LogP contribution in [-0.2, 0) is 16.1 Å². The van der Waals surface area contributed by atoms with Crippen molar-refractivity contribution >= 4 is 11.7 Å². The molecule has 19 heavy (non-hydrogen) atoms. The van der Waals surface area contributed by atoms with Crippen molar-refractivity contribution in [1.29, 1.82) is 0 Å². The zero-order valence-electron chi connectivity index (χ0n) is 11.5. The lowest BCUT2D eigenvalue weighted by molar-refractivity contribution is -0.137. The number of ether oxygens (including phenoxy) is 1. The van der Waals surface area contributed by atoms with Crippen LogP contribution in [0.15, 0.2) is 35.5 Å². The molecule has 0 heterocycles. The van der Waals surface area contributed by atoms with Gasteiger partial charge in [-0.15, -0.1) is 0 Å². The Labute approximate surface area is 114 Å². The summed E-state index contributed by atoms with van der Waals surface area (Å²) in [7, 11) is 0. The number of oxime groups is 1. The van der Waals surface area contributed by atoms with Gasteiger partial charge >= 0.3 is 5.97 Å². The molecular weight excluding hydrogens is 242 g/mol. The minimum absolute atomic E-state index is 0.0941. The maximum atomic E-state index is 11.7. The van der Waals surface area contributed by atoms with Crippen LogP contribution < -0.4 is 0 Å². The van der Waals surface area contributed by atoms with E-state index in [1.807, 2.05) is 30.3 Å². The van der Waals surface area contributed by atoms with E-state index in [0.29, 0.717) is 12.3 Å². The molecule has 0 fully saturated rings. The Morgan fingerprint density at radius 3 is 2.58 bits per heavy atom. The zero-order valence-corrected chi connectivity index (χ0v) is 11.5. The first-order chi connectivity index (χ1) is 9.13. The highest BCUT2D eigenvalue weighted by Gasteiger charge is 2.14. The van der Waals surface area contributed by atoms with Crippen LogP contribution in [0.2, 0.25) is 0 Å². The van der Waals surface area contributed by atoms with Crippen molar-refractivity contribution in [3.05, 3.63) is 35.9 Å². The predicted molar refractivity (Wildman–Crippen MR) is 74.1 cm³/mol. The SMILES string of the molecule is CC(C)CCCC(=NO)C(=O)OCc1ccccc1. The van der Waals surface area contributed by atoms with Gasteiger partial charge in [0.2, 0.25) is 0 Å². The second kappa shape index (κ2) is 8.29. The van der Waals surface area contributed by atoms with Crippen LogP contribution in [0.4, 0.5) is 0 Å². The molecule has 0 bridgehead atoms. The summed E-state index contributed by atoms with van der Waals surface area (Å²) < 4.78 is 5.11. The average Bonchev–Trinajstić information content (AvgIpc) is 2.42. The summed E-state index contributed by atoms with van der Waals surface area (Å²) in [4.78, 5) is 11.7. The molecule has 1 rings (SSSR count). The summed E-state index contributed by atoms with van der Waals surface area (Å²) in [6.45, 7) is 4.43. The summed E-state index contributed by atoms with van der Waals surface area (Å²) in [6, 6.07) is 9.42. The van der Waals surface area contributed by atoms with Crippen LogP contribution in [0.3, 0.4) is 0 Å². The van der Waals surface area contributed by atoms with E-state index in [0.717, 1.165) is 18.4 Å². The third-order valence-electron chi connectivity index (χ3n) is 2.76.